The highest BCUT2D eigenvalue weighted by Gasteiger charge is 2.48. The van der Waals surface area contributed by atoms with Crippen molar-refractivity contribution in [3.8, 4) is 0 Å². The van der Waals surface area contributed by atoms with Crippen molar-refractivity contribution in [2.24, 2.45) is 16.7 Å². The first-order chi connectivity index (χ1) is 16.9. The number of esters is 3. The van der Waals surface area contributed by atoms with Gasteiger partial charge in [0, 0.05) is 25.7 Å². The number of carbonyl (C=O) groups is 3. The summed E-state index contributed by atoms with van der Waals surface area (Å²) in [6, 6.07) is 3.77. The molecule has 1 heterocycles. The fourth-order valence-electron chi connectivity index (χ4n) is 2.91. The van der Waals surface area contributed by atoms with E-state index in [9.17, 15) is 14.4 Å². The summed E-state index contributed by atoms with van der Waals surface area (Å²) in [5.74, 6) is 3.35. The van der Waals surface area contributed by atoms with Crippen LogP contribution in [-0.4, -0.2) is 59.7 Å². The Kier molecular flexibility index (Phi) is 11.0. The van der Waals surface area contributed by atoms with Gasteiger partial charge in [-0.15, -0.1) is 0 Å². The van der Waals surface area contributed by atoms with Crippen molar-refractivity contribution in [1.29, 1.82) is 0 Å². The van der Waals surface area contributed by atoms with Crippen LogP contribution in [0.3, 0.4) is 0 Å². The molecule has 0 radical (unpaired) electrons. The summed E-state index contributed by atoms with van der Waals surface area (Å²) in [7, 11) is 0. The average molecular weight is 578 g/mol. The number of benzene rings is 1. The summed E-state index contributed by atoms with van der Waals surface area (Å²) in [6.07, 6.45) is -0.893. The highest BCUT2D eigenvalue weighted by atomic mass is 35.5. The minimum Gasteiger partial charge on any atom is -0.472 e. The van der Waals surface area contributed by atoms with Gasteiger partial charge in [-0.3, -0.25) is 14.4 Å². The molecule has 0 amide bonds. The summed E-state index contributed by atoms with van der Waals surface area (Å²) in [5, 5.41) is 4.21. The zero-order valence-corrected chi connectivity index (χ0v) is 22.4. The average Bonchev–Trinajstić information content (AvgIpc) is 2.77. The van der Waals surface area contributed by atoms with Gasteiger partial charge >= 0.3 is 17.9 Å². The molecular formula is C21H23Cl2N4O7S2+. The lowest BCUT2D eigenvalue weighted by atomic mass is 10.0. The van der Waals surface area contributed by atoms with Crippen LogP contribution in [0.25, 0.3) is 0 Å². The highest BCUT2D eigenvalue weighted by Crippen LogP contribution is 2.39. The lowest BCUT2D eigenvalue weighted by molar-refractivity contribution is -0.509. The lowest BCUT2D eigenvalue weighted by Crippen LogP contribution is -2.84. The van der Waals surface area contributed by atoms with E-state index in [1.165, 1.54) is 27.0 Å². The minimum atomic E-state index is -1.14. The molecule has 1 aromatic carbocycles. The van der Waals surface area contributed by atoms with E-state index in [0.29, 0.717) is 9.92 Å². The first-order valence-corrected chi connectivity index (χ1v) is 12.1. The zero-order valence-electron chi connectivity index (χ0n) is 19.3. The van der Waals surface area contributed by atoms with Crippen LogP contribution >= 0.6 is 47.2 Å². The molecule has 2 rings (SSSR count). The summed E-state index contributed by atoms with van der Waals surface area (Å²) in [6.45, 7) is 3.28. The van der Waals surface area contributed by atoms with Crippen LogP contribution in [0.1, 0.15) is 20.8 Å². The molecule has 1 aromatic rings. The summed E-state index contributed by atoms with van der Waals surface area (Å²) >= 11 is 18.1. The maximum Gasteiger partial charge on any atom is 0.308 e. The smallest absolute Gasteiger partial charge is 0.308 e. The summed E-state index contributed by atoms with van der Waals surface area (Å²) < 4.78 is 22.1. The van der Waals surface area contributed by atoms with Gasteiger partial charge in [0.05, 0.1) is 10.0 Å². The Bertz CT molecular complexity index is 1140. The number of thiocarbonyl (C=S) groups is 1. The van der Waals surface area contributed by atoms with Crippen LogP contribution < -0.4 is 16.6 Å². The number of hydrazone groups is 1. The van der Waals surface area contributed by atoms with E-state index in [1.807, 2.05) is 0 Å². The van der Waals surface area contributed by atoms with Crippen molar-refractivity contribution in [2.45, 2.75) is 43.9 Å². The van der Waals surface area contributed by atoms with Gasteiger partial charge in [0.1, 0.15) is 11.6 Å². The van der Waals surface area contributed by atoms with Crippen LogP contribution in [0.4, 0.5) is 0 Å². The second-order valence-electron chi connectivity index (χ2n) is 7.12. The number of nitrogens with zero attached hydrogens (tertiary/aromatic N) is 1. The molecule has 194 valence electrons. The van der Waals surface area contributed by atoms with E-state index in [1.54, 1.807) is 18.2 Å². The van der Waals surface area contributed by atoms with E-state index in [2.05, 4.69) is 10.1 Å². The molecule has 11 nitrogen and oxygen atoms in total. The van der Waals surface area contributed by atoms with E-state index in [-0.39, 0.29) is 33.2 Å². The largest absolute Gasteiger partial charge is 0.472 e. The quantitative estimate of drug-likeness (QED) is 0.0949. The van der Waals surface area contributed by atoms with Crippen LogP contribution in [0, 0.1) is 0 Å². The van der Waals surface area contributed by atoms with Crippen molar-refractivity contribution in [1.82, 2.24) is 0 Å². The Morgan fingerprint density at radius 1 is 1.19 bits per heavy atom. The van der Waals surface area contributed by atoms with Crippen molar-refractivity contribution in [2.75, 3.05) is 6.61 Å². The molecule has 0 saturated heterocycles. The third-order valence-electron chi connectivity index (χ3n) is 4.34. The molecule has 36 heavy (non-hydrogen) atoms. The molecule has 3 atom stereocenters. The van der Waals surface area contributed by atoms with Gasteiger partial charge in [-0.05, 0) is 30.0 Å². The Morgan fingerprint density at radius 3 is 2.42 bits per heavy atom. The standard InChI is InChI=1S/C21H22Cl2N4O7S2/c1-9(28)31-8-16-18(32-10(2)29)17(26-7-15(27-25)20(24)35)19(33-11(3)30)21(34-16)36-12-4-5-13(22)14(23)6-12/h4-7,16-18H,8,25H2,1-3H3,(H2,24,35)/p+1/t16?,17?,18-/m0/s1. The normalized spacial score (nSPS) is 20.0. The fraction of sp³-hybridized carbons (Fsp3) is 0.333. The number of halogens is 2. The van der Waals surface area contributed by atoms with Crippen LogP contribution in [0.15, 0.2) is 39.0 Å². The third-order valence-corrected chi connectivity index (χ3v) is 6.26. The van der Waals surface area contributed by atoms with Crippen molar-refractivity contribution >= 4 is 82.0 Å². The van der Waals surface area contributed by atoms with E-state index >= 15 is 0 Å². The maximum atomic E-state index is 12.0. The number of carbonyl (C=O) groups excluding carboxylic acids is 3. The molecule has 0 aliphatic carbocycles. The van der Waals surface area contributed by atoms with Crippen LogP contribution in [0.5, 0.6) is 0 Å². The molecular weight excluding hydrogens is 555 g/mol. The van der Waals surface area contributed by atoms with E-state index < -0.39 is 36.2 Å². The van der Waals surface area contributed by atoms with Gasteiger partial charge in [-0.25, -0.2) is 4.99 Å². The zero-order chi connectivity index (χ0) is 27.0. The first kappa shape index (κ1) is 29.4. The summed E-state index contributed by atoms with van der Waals surface area (Å²) in [5.41, 5.74) is 5.62. The number of thioether (sulfide) groups is 1. The number of hydrogen-bond acceptors (Lipinski definition) is 11. The molecule has 2 unspecified atom stereocenters. The second kappa shape index (κ2) is 13.4. The fourth-order valence-corrected chi connectivity index (χ4v) is 4.35. The minimum absolute atomic E-state index is 0.00969. The maximum absolute atomic E-state index is 12.0. The molecule has 15 heteroatoms. The van der Waals surface area contributed by atoms with Gasteiger partial charge in [-0.1, -0.05) is 35.4 Å². The van der Waals surface area contributed by atoms with Crippen molar-refractivity contribution < 1.29 is 38.3 Å². The highest BCUT2D eigenvalue weighted by molar-refractivity contribution is 8.03. The molecule has 0 spiro atoms. The predicted molar refractivity (Wildman–Crippen MR) is 137 cm³/mol. The van der Waals surface area contributed by atoms with Gasteiger partial charge in [-0.2, -0.15) is 5.10 Å². The van der Waals surface area contributed by atoms with Gasteiger partial charge in [0.15, 0.2) is 18.0 Å². The number of hydrogen-bond donors (Lipinski definition) is 3. The molecule has 5 N–H and O–H groups in total. The second-order valence-corrected chi connectivity index (χ2v) is 9.42. The molecule has 1 aliphatic heterocycles. The Hall–Kier alpha value is -2.87. The number of nitrogens with two attached hydrogens (primary N) is 2. The Morgan fingerprint density at radius 2 is 1.89 bits per heavy atom. The van der Waals surface area contributed by atoms with Crippen molar-refractivity contribution in [3.05, 3.63) is 39.1 Å². The van der Waals surface area contributed by atoms with Crippen LogP contribution in [0.2, 0.25) is 10.0 Å². The van der Waals surface area contributed by atoms with Gasteiger partial charge in [0.25, 0.3) is 6.04 Å². The molecule has 0 saturated carbocycles. The predicted octanol–water partition coefficient (Wildman–Crippen LogP) is 0.832. The molecule has 0 aromatic heterocycles. The van der Waals surface area contributed by atoms with E-state index in [0.717, 1.165) is 11.8 Å². The summed E-state index contributed by atoms with van der Waals surface area (Å²) in [4.78, 5) is 38.8. The topological polar surface area (TPSA) is 166 Å². The Labute approximate surface area is 226 Å². The lowest BCUT2D eigenvalue weighted by Gasteiger charge is -2.34. The number of rotatable bonds is 9. The molecule has 1 aliphatic rings. The number of nitrogens with one attached hydrogen (secondary N) is 1. The third kappa shape index (κ3) is 8.36. The van der Waals surface area contributed by atoms with Crippen molar-refractivity contribution in [3.63, 3.8) is 0 Å². The molecule has 0 bridgehead atoms. The number of ether oxygens (including phenoxy) is 4. The molecule has 0 fully saturated rings. The monoisotopic (exact) mass is 577 g/mol. The van der Waals surface area contributed by atoms with Gasteiger partial charge in [0.2, 0.25) is 17.0 Å². The van der Waals surface area contributed by atoms with E-state index in [4.69, 9.17) is 65.9 Å². The Balaban J connectivity index is 2.68. The first-order valence-electron chi connectivity index (χ1n) is 10.1. The SMILES string of the molecule is CC(=O)OCC1OC(Sc2ccc(Cl)c(Cl)c2)=C(OC(C)=O)C([NH+]=CC(=NN)C(N)=S)[C@H]1OC(C)=O. The van der Waals surface area contributed by atoms with Crippen LogP contribution in [-0.2, 0) is 33.3 Å². The van der Waals surface area contributed by atoms with Gasteiger partial charge < -0.3 is 30.5 Å².